The van der Waals surface area contributed by atoms with Gasteiger partial charge in [-0.05, 0) is 36.4 Å². The largest absolute Gasteiger partial charge is 0.504 e. The predicted molar refractivity (Wildman–Crippen MR) is 88.1 cm³/mol. The number of hydrogen-bond acceptors (Lipinski definition) is 6. The van der Waals surface area contributed by atoms with Gasteiger partial charge in [0.15, 0.2) is 23.0 Å². The van der Waals surface area contributed by atoms with E-state index in [2.05, 4.69) is 9.97 Å². The number of rotatable bonds is 1. The number of nitrogens with zero attached hydrogens (tertiary/aromatic N) is 3. The monoisotopic (exact) mass is 307 g/mol. The van der Waals surface area contributed by atoms with Crippen molar-refractivity contribution in [3.63, 3.8) is 0 Å². The smallest absolute Gasteiger partial charge is 0.180 e. The van der Waals surface area contributed by atoms with Crippen LogP contribution < -0.4 is 11.5 Å². The van der Waals surface area contributed by atoms with Crippen LogP contribution in [0.2, 0.25) is 0 Å². The Kier molecular flexibility index (Phi) is 2.59. The molecule has 0 aliphatic heterocycles. The molecule has 0 saturated carbocycles. The molecule has 0 spiro atoms. The highest BCUT2D eigenvalue weighted by Crippen LogP contribution is 2.33. The van der Waals surface area contributed by atoms with Crippen molar-refractivity contribution < 1.29 is 10.2 Å². The quantitative estimate of drug-likeness (QED) is 0.315. The summed E-state index contributed by atoms with van der Waals surface area (Å²) in [6, 6.07) is 9.91. The van der Waals surface area contributed by atoms with Crippen LogP contribution >= 0.6 is 0 Å². The Labute approximate surface area is 130 Å². The molecule has 0 radical (unpaired) electrons. The minimum Gasteiger partial charge on any atom is -0.504 e. The number of phenols is 2. The van der Waals surface area contributed by atoms with E-state index < -0.39 is 0 Å². The van der Waals surface area contributed by atoms with Crippen molar-refractivity contribution in [1.82, 2.24) is 14.4 Å². The molecule has 114 valence electrons. The Morgan fingerprint density at radius 2 is 1.78 bits per heavy atom. The van der Waals surface area contributed by atoms with E-state index in [1.54, 1.807) is 30.5 Å². The second-order valence-electron chi connectivity index (χ2n) is 5.25. The summed E-state index contributed by atoms with van der Waals surface area (Å²) in [6.07, 6.45) is 1.64. The maximum Gasteiger partial charge on any atom is 0.180 e. The summed E-state index contributed by atoms with van der Waals surface area (Å²) in [5, 5.41) is 19.2. The summed E-state index contributed by atoms with van der Waals surface area (Å²) in [7, 11) is 0. The van der Waals surface area contributed by atoms with Crippen LogP contribution in [0.15, 0.2) is 42.6 Å². The molecular weight excluding hydrogens is 294 g/mol. The van der Waals surface area contributed by atoms with E-state index in [0.29, 0.717) is 33.9 Å². The molecule has 0 bridgehead atoms. The first-order valence-corrected chi connectivity index (χ1v) is 6.89. The van der Waals surface area contributed by atoms with Crippen LogP contribution in [0.1, 0.15) is 0 Å². The van der Waals surface area contributed by atoms with Gasteiger partial charge in [-0.1, -0.05) is 0 Å². The Bertz CT molecular complexity index is 1070. The number of benzene rings is 2. The lowest BCUT2D eigenvalue weighted by molar-refractivity contribution is 0.404. The summed E-state index contributed by atoms with van der Waals surface area (Å²) in [6.45, 7) is 0. The number of nitrogens with two attached hydrogens (primary N) is 2. The van der Waals surface area contributed by atoms with Crippen molar-refractivity contribution in [3.05, 3.63) is 42.6 Å². The van der Waals surface area contributed by atoms with Crippen molar-refractivity contribution >= 4 is 28.2 Å². The first kappa shape index (κ1) is 13.2. The molecule has 2 heterocycles. The maximum atomic E-state index is 9.75. The van der Waals surface area contributed by atoms with Gasteiger partial charge in [-0.2, -0.15) is 0 Å². The van der Waals surface area contributed by atoms with Crippen LogP contribution in [-0.2, 0) is 0 Å². The molecule has 0 aliphatic rings. The van der Waals surface area contributed by atoms with E-state index in [1.807, 2.05) is 4.40 Å². The molecule has 0 unspecified atom stereocenters. The molecule has 7 heteroatoms. The highest BCUT2D eigenvalue weighted by molar-refractivity contribution is 5.87. The van der Waals surface area contributed by atoms with Crippen molar-refractivity contribution in [2.24, 2.45) is 0 Å². The number of aromatic nitrogens is 3. The van der Waals surface area contributed by atoms with Crippen LogP contribution in [0.25, 0.3) is 27.9 Å². The van der Waals surface area contributed by atoms with E-state index in [1.165, 1.54) is 12.1 Å². The summed E-state index contributed by atoms with van der Waals surface area (Å²) in [5.74, 6) is -0.0855. The fraction of sp³-hybridized carbons (Fsp3) is 0. The van der Waals surface area contributed by atoms with E-state index in [0.717, 1.165) is 5.52 Å². The number of fused-ring (bicyclic) bond motifs is 3. The molecule has 6 N–H and O–H groups in total. The third-order valence-electron chi connectivity index (χ3n) is 3.74. The minimum atomic E-state index is -0.205. The summed E-state index contributed by atoms with van der Waals surface area (Å²) in [4.78, 5) is 8.65. The first-order valence-electron chi connectivity index (χ1n) is 6.89. The number of phenolic OH excluding ortho intramolecular Hbond substituents is 2. The van der Waals surface area contributed by atoms with Crippen molar-refractivity contribution in [2.45, 2.75) is 0 Å². The van der Waals surface area contributed by atoms with Gasteiger partial charge in [0.1, 0.15) is 0 Å². The van der Waals surface area contributed by atoms with Gasteiger partial charge in [0.2, 0.25) is 0 Å². The van der Waals surface area contributed by atoms with Gasteiger partial charge in [0.25, 0.3) is 0 Å². The molecule has 7 nitrogen and oxygen atoms in total. The number of nitrogen functional groups attached to an aromatic ring is 2. The summed E-state index contributed by atoms with van der Waals surface area (Å²) < 4.78 is 1.83. The molecule has 2 aromatic carbocycles. The van der Waals surface area contributed by atoms with Crippen molar-refractivity contribution in [1.29, 1.82) is 0 Å². The molecule has 23 heavy (non-hydrogen) atoms. The number of aromatic hydroxyl groups is 2. The van der Waals surface area contributed by atoms with Gasteiger partial charge in [-0.15, -0.1) is 0 Å². The van der Waals surface area contributed by atoms with E-state index in [4.69, 9.17) is 11.5 Å². The van der Waals surface area contributed by atoms with Crippen molar-refractivity contribution in [2.75, 3.05) is 11.5 Å². The summed E-state index contributed by atoms with van der Waals surface area (Å²) >= 11 is 0. The molecule has 0 fully saturated rings. The third kappa shape index (κ3) is 1.90. The number of hydrogen-bond donors (Lipinski definition) is 4. The summed E-state index contributed by atoms with van der Waals surface area (Å²) in [5.41, 5.74) is 15.8. The second-order valence-corrected chi connectivity index (χ2v) is 5.25. The lowest BCUT2D eigenvalue weighted by Crippen LogP contribution is -2.00. The molecule has 4 aromatic rings. The molecule has 0 atom stereocenters. The second kappa shape index (κ2) is 4.51. The highest BCUT2D eigenvalue weighted by Gasteiger charge is 2.14. The Balaban J connectivity index is 2.13. The Morgan fingerprint density at radius 3 is 2.57 bits per heavy atom. The lowest BCUT2D eigenvalue weighted by atomic mass is 10.1. The zero-order chi connectivity index (χ0) is 16.1. The van der Waals surface area contributed by atoms with Gasteiger partial charge in [0, 0.05) is 11.3 Å². The predicted octanol–water partition coefficient (Wildman–Crippen LogP) is 2.13. The molecule has 4 rings (SSSR count). The zero-order valence-electron chi connectivity index (χ0n) is 11.9. The van der Waals surface area contributed by atoms with Gasteiger partial charge in [-0.25, -0.2) is 9.97 Å². The van der Waals surface area contributed by atoms with E-state index in [9.17, 15) is 10.2 Å². The van der Waals surface area contributed by atoms with Crippen LogP contribution in [0.5, 0.6) is 11.5 Å². The van der Waals surface area contributed by atoms with Gasteiger partial charge >= 0.3 is 0 Å². The normalized spacial score (nSPS) is 11.3. The first-order chi connectivity index (χ1) is 11.0. The molecule has 0 saturated heterocycles. The lowest BCUT2D eigenvalue weighted by Gasteiger charge is -2.09. The van der Waals surface area contributed by atoms with Gasteiger partial charge < -0.3 is 21.7 Å². The highest BCUT2D eigenvalue weighted by atomic mass is 16.3. The molecular formula is C16H13N5O2. The third-order valence-corrected chi connectivity index (χ3v) is 3.74. The average Bonchev–Trinajstić information content (AvgIpc) is 2.97. The van der Waals surface area contributed by atoms with Crippen LogP contribution in [0.3, 0.4) is 0 Å². The standard InChI is InChI=1S/C16H13N5O2/c17-9-2-3-10-11(6-9)21-12(7-19-16(21)15(18)20-10)8-1-4-13(22)14(23)5-8/h1-7,22-23H,17H2,(H2,18,20). The zero-order valence-corrected chi connectivity index (χ0v) is 11.9. The Morgan fingerprint density at radius 1 is 0.957 bits per heavy atom. The number of imidazole rings is 1. The maximum absolute atomic E-state index is 9.75. The topological polar surface area (TPSA) is 123 Å². The number of anilines is 2. The fourth-order valence-electron chi connectivity index (χ4n) is 2.66. The van der Waals surface area contributed by atoms with Crippen LogP contribution in [0.4, 0.5) is 11.5 Å². The molecule has 0 amide bonds. The van der Waals surface area contributed by atoms with Gasteiger partial charge in [-0.3, -0.25) is 4.40 Å². The van der Waals surface area contributed by atoms with Gasteiger partial charge in [0.05, 0.1) is 22.9 Å². The van der Waals surface area contributed by atoms with E-state index >= 15 is 0 Å². The Hall–Kier alpha value is -3.48. The minimum absolute atomic E-state index is 0.183. The van der Waals surface area contributed by atoms with E-state index in [-0.39, 0.29) is 11.5 Å². The van der Waals surface area contributed by atoms with Crippen molar-refractivity contribution in [3.8, 4) is 22.8 Å². The fourth-order valence-corrected chi connectivity index (χ4v) is 2.66. The SMILES string of the molecule is Nc1ccc2nc(N)c3ncc(-c4ccc(O)c(O)c4)n3c2c1. The molecule has 2 aromatic heterocycles. The average molecular weight is 307 g/mol. The van der Waals surface area contributed by atoms with Crippen LogP contribution in [0, 0.1) is 0 Å². The van der Waals surface area contributed by atoms with Crippen LogP contribution in [-0.4, -0.2) is 24.6 Å². The molecule has 0 aliphatic carbocycles.